The van der Waals surface area contributed by atoms with Crippen LogP contribution < -0.4 is 9.62 Å². The Morgan fingerprint density at radius 1 is 0.931 bits per heavy atom. The highest BCUT2D eigenvalue weighted by molar-refractivity contribution is 7.89. The predicted octanol–water partition coefficient (Wildman–Crippen LogP) is 4.91. The van der Waals surface area contributed by atoms with Crippen molar-refractivity contribution in [2.75, 3.05) is 19.0 Å². The summed E-state index contributed by atoms with van der Waals surface area (Å²) >= 11 is 5.93. The van der Waals surface area contributed by atoms with E-state index in [9.17, 15) is 8.42 Å². The van der Waals surface area contributed by atoms with E-state index in [2.05, 4.69) is 16.9 Å². The van der Waals surface area contributed by atoms with E-state index in [4.69, 9.17) is 11.6 Å². The maximum atomic E-state index is 12.8. The van der Waals surface area contributed by atoms with E-state index in [1.807, 2.05) is 67.5 Å². The molecular weight excluding hydrogens is 404 g/mol. The molecule has 0 aromatic heterocycles. The van der Waals surface area contributed by atoms with Gasteiger partial charge >= 0.3 is 0 Å². The van der Waals surface area contributed by atoms with Gasteiger partial charge in [0.05, 0.1) is 4.90 Å². The summed E-state index contributed by atoms with van der Waals surface area (Å²) in [5.41, 5.74) is 4.23. The van der Waals surface area contributed by atoms with E-state index in [-0.39, 0.29) is 16.9 Å². The van der Waals surface area contributed by atoms with Crippen LogP contribution in [-0.2, 0) is 10.0 Å². The van der Waals surface area contributed by atoms with Gasteiger partial charge in [0.2, 0.25) is 10.0 Å². The fourth-order valence-corrected chi connectivity index (χ4v) is 4.88. The minimum atomic E-state index is -3.55. The number of anilines is 1. The first-order valence-electron chi connectivity index (χ1n) is 9.49. The second-order valence-electron chi connectivity index (χ2n) is 7.59. The van der Waals surface area contributed by atoms with Crippen LogP contribution >= 0.6 is 11.6 Å². The molecule has 1 N–H and O–H groups in total. The molecule has 0 unspecified atom stereocenters. The van der Waals surface area contributed by atoms with Crippen LogP contribution in [0.25, 0.3) is 11.1 Å². The van der Waals surface area contributed by atoms with Crippen molar-refractivity contribution < 1.29 is 8.42 Å². The second-order valence-corrected chi connectivity index (χ2v) is 9.74. The highest BCUT2D eigenvalue weighted by Crippen LogP contribution is 2.42. The average Bonchev–Trinajstić information content (AvgIpc) is 3.47. The number of nitrogens with zero attached hydrogens (tertiary/aromatic N) is 1. The summed E-state index contributed by atoms with van der Waals surface area (Å²) in [6.45, 7) is 0. The highest BCUT2D eigenvalue weighted by Gasteiger charge is 2.41. The molecule has 0 bridgehead atoms. The van der Waals surface area contributed by atoms with Gasteiger partial charge in [0.15, 0.2) is 0 Å². The van der Waals surface area contributed by atoms with Crippen LogP contribution in [0.15, 0.2) is 77.7 Å². The third kappa shape index (κ3) is 4.47. The molecule has 6 heteroatoms. The Morgan fingerprint density at radius 2 is 1.55 bits per heavy atom. The number of benzene rings is 3. The molecule has 1 aliphatic carbocycles. The summed E-state index contributed by atoms with van der Waals surface area (Å²) in [5, 5.41) is 0.673. The fourth-order valence-electron chi connectivity index (χ4n) is 3.46. The Labute approximate surface area is 177 Å². The van der Waals surface area contributed by atoms with Crippen LogP contribution in [0.4, 0.5) is 5.69 Å². The summed E-state index contributed by atoms with van der Waals surface area (Å²) in [4.78, 5) is 2.33. The normalized spacial score (nSPS) is 18.4. The van der Waals surface area contributed by atoms with E-state index in [0.29, 0.717) is 5.02 Å². The van der Waals surface area contributed by atoms with E-state index >= 15 is 0 Å². The summed E-state index contributed by atoms with van der Waals surface area (Å²) in [6, 6.07) is 22.6. The third-order valence-corrected chi connectivity index (χ3v) is 7.01. The maximum absolute atomic E-state index is 12.8. The molecule has 0 aliphatic heterocycles. The lowest BCUT2D eigenvalue weighted by molar-refractivity contribution is 0.580. The van der Waals surface area contributed by atoms with Crippen molar-refractivity contribution in [2.24, 2.45) is 0 Å². The number of sulfonamides is 1. The molecule has 1 fully saturated rings. The number of hydrogen-bond acceptors (Lipinski definition) is 3. The molecule has 150 valence electrons. The van der Waals surface area contributed by atoms with E-state index in [1.54, 1.807) is 12.1 Å². The monoisotopic (exact) mass is 426 g/mol. The lowest BCUT2D eigenvalue weighted by Crippen LogP contribution is -2.26. The molecule has 0 saturated heterocycles. The van der Waals surface area contributed by atoms with Gasteiger partial charge in [-0.2, -0.15) is 0 Å². The van der Waals surface area contributed by atoms with Crippen molar-refractivity contribution in [3.05, 3.63) is 83.4 Å². The number of nitrogens with one attached hydrogen (secondary N) is 1. The second kappa shape index (κ2) is 7.82. The molecule has 0 amide bonds. The van der Waals surface area contributed by atoms with Crippen LogP contribution in [0.5, 0.6) is 0 Å². The van der Waals surface area contributed by atoms with Crippen LogP contribution in [0.2, 0.25) is 5.02 Å². The van der Waals surface area contributed by atoms with Crippen LogP contribution in [0.3, 0.4) is 0 Å². The lowest BCUT2D eigenvalue weighted by atomic mass is 10.1. The van der Waals surface area contributed by atoms with E-state index in [0.717, 1.165) is 23.2 Å². The molecule has 1 aliphatic rings. The molecule has 3 aromatic rings. The van der Waals surface area contributed by atoms with Crippen molar-refractivity contribution in [3.63, 3.8) is 0 Å². The SMILES string of the molecule is CN(C)c1cccc([C@@H]2C[C@H]2NS(=O)(=O)c2ccc(-c3ccc(Cl)cc3)cc2)c1. The third-order valence-electron chi connectivity index (χ3n) is 5.25. The quantitative estimate of drug-likeness (QED) is 0.609. The van der Waals surface area contributed by atoms with Gasteiger partial charge in [-0.1, -0.05) is 48.0 Å². The number of rotatable bonds is 6. The first-order valence-corrected chi connectivity index (χ1v) is 11.4. The molecule has 3 aromatic carbocycles. The Kier molecular flexibility index (Phi) is 5.38. The standard InChI is InChI=1S/C23H23ClN2O2S/c1-26(2)20-5-3-4-18(14-20)22-15-23(22)25-29(27,28)21-12-8-17(9-13-21)16-6-10-19(24)11-7-16/h3-14,22-23,25H,15H2,1-2H3/t22-,23+/m0/s1. The smallest absolute Gasteiger partial charge is 0.240 e. The zero-order chi connectivity index (χ0) is 20.6. The van der Waals surface area contributed by atoms with Crippen molar-refractivity contribution in [2.45, 2.75) is 23.3 Å². The topological polar surface area (TPSA) is 49.4 Å². The summed E-state index contributed by atoms with van der Waals surface area (Å²) in [6.07, 6.45) is 0.818. The van der Waals surface area contributed by atoms with E-state index < -0.39 is 10.0 Å². The molecule has 0 heterocycles. The molecule has 29 heavy (non-hydrogen) atoms. The summed E-state index contributed by atoms with van der Waals surface area (Å²) in [7, 11) is 0.448. The minimum Gasteiger partial charge on any atom is -0.378 e. The number of halogens is 1. The summed E-state index contributed by atoms with van der Waals surface area (Å²) in [5.74, 6) is 0.220. The molecule has 0 spiro atoms. The van der Waals surface area contributed by atoms with Crippen LogP contribution in [-0.4, -0.2) is 28.6 Å². The minimum absolute atomic E-state index is 0.0617. The van der Waals surface area contributed by atoms with Gasteiger partial charge in [-0.05, 0) is 59.5 Å². The Bertz CT molecular complexity index is 1110. The average molecular weight is 427 g/mol. The van der Waals surface area contributed by atoms with E-state index in [1.165, 1.54) is 5.56 Å². The van der Waals surface area contributed by atoms with Crippen molar-refractivity contribution in [1.29, 1.82) is 0 Å². The largest absolute Gasteiger partial charge is 0.378 e. The molecule has 4 rings (SSSR count). The maximum Gasteiger partial charge on any atom is 0.240 e. The molecular formula is C23H23ClN2O2S. The highest BCUT2D eigenvalue weighted by atomic mass is 35.5. The molecule has 2 atom stereocenters. The van der Waals surface area contributed by atoms with Crippen molar-refractivity contribution >= 4 is 27.3 Å². The Hall–Kier alpha value is -2.34. The van der Waals surface area contributed by atoms with Crippen molar-refractivity contribution in [3.8, 4) is 11.1 Å². The molecule has 1 saturated carbocycles. The lowest BCUT2D eigenvalue weighted by Gasteiger charge is -2.13. The van der Waals surface area contributed by atoms with Gasteiger partial charge in [-0.15, -0.1) is 0 Å². The Morgan fingerprint density at radius 3 is 2.17 bits per heavy atom. The first kappa shape index (κ1) is 20.0. The van der Waals surface area contributed by atoms with Gasteiger partial charge in [0, 0.05) is 36.8 Å². The van der Waals surface area contributed by atoms with Gasteiger partial charge in [-0.25, -0.2) is 13.1 Å². The van der Waals surface area contributed by atoms with Crippen LogP contribution in [0, 0.1) is 0 Å². The van der Waals surface area contributed by atoms with Gasteiger partial charge in [0.1, 0.15) is 0 Å². The molecule has 4 nitrogen and oxygen atoms in total. The molecule has 0 radical (unpaired) electrons. The van der Waals surface area contributed by atoms with Crippen LogP contribution in [0.1, 0.15) is 17.9 Å². The fraction of sp³-hybridized carbons (Fsp3) is 0.217. The number of hydrogen-bond donors (Lipinski definition) is 1. The predicted molar refractivity (Wildman–Crippen MR) is 119 cm³/mol. The van der Waals surface area contributed by atoms with Gasteiger partial charge < -0.3 is 4.90 Å². The summed E-state index contributed by atoms with van der Waals surface area (Å²) < 4.78 is 28.4. The van der Waals surface area contributed by atoms with Gasteiger partial charge in [-0.3, -0.25) is 0 Å². The zero-order valence-corrected chi connectivity index (χ0v) is 17.9. The van der Waals surface area contributed by atoms with Crippen molar-refractivity contribution in [1.82, 2.24) is 4.72 Å². The Balaban J connectivity index is 1.46. The zero-order valence-electron chi connectivity index (χ0n) is 16.3. The first-order chi connectivity index (χ1) is 13.8. The van der Waals surface area contributed by atoms with Gasteiger partial charge in [0.25, 0.3) is 0 Å².